The van der Waals surface area contributed by atoms with Crippen molar-refractivity contribution in [3.8, 4) is 0 Å². The average molecular weight is 374 g/mol. The Balaban J connectivity index is 4.82. The van der Waals surface area contributed by atoms with E-state index in [9.17, 15) is 4.79 Å². The van der Waals surface area contributed by atoms with E-state index in [1.54, 1.807) is 6.92 Å². The van der Waals surface area contributed by atoms with Crippen LogP contribution in [0.1, 0.15) is 92.4 Å². The molecule has 0 aliphatic rings. The lowest BCUT2D eigenvalue weighted by molar-refractivity contribution is -0.403. The normalized spacial score (nSPS) is 13.0. The van der Waals surface area contributed by atoms with Crippen molar-refractivity contribution in [3.05, 3.63) is 0 Å². The van der Waals surface area contributed by atoms with Gasteiger partial charge in [0.25, 0.3) is 5.97 Å². The molecule has 0 saturated heterocycles. The predicted molar refractivity (Wildman–Crippen MR) is 107 cm³/mol. The van der Waals surface area contributed by atoms with Crippen molar-refractivity contribution in [2.24, 2.45) is 5.92 Å². The first-order chi connectivity index (χ1) is 12.6. The van der Waals surface area contributed by atoms with Crippen LogP contribution in [-0.2, 0) is 19.0 Å². The van der Waals surface area contributed by atoms with E-state index >= 15 is 0 Å². The number of carbonyl (C=O) groups is 1. The van der Waals surface area contributed by atoms with Crippen molar-refractivity contribution in [1.29, 1.82) is 0 Å². The van der Waals surface area contributed by atoms with Crippen LogP contribution in [0.3, 0.4) is 0 Å². The van der Waals surface area contributed by atoms with Gasteiger partial charge in [0.2, 0.25) is 5.91 Å². The van der Waals surface area contributed by atoms with Gasteiger partial charge < -0.3 is 19.5 Å². The van der Waals surface area contributed by atoms with Gasteiger partial charge in [-0.2, -0.15) is 0 Å². The Morgan fingerprint density at radius 1 is 0.808 bits per heavy atom. The average Bonchev–Trinajstić information content (AvgIpc) is 2.60. The molecule has 1 unspecified atom stereocenters. The summed E-state index contributed by atoms with van der Waals surface area (Å²) >= 11 is 0. The number of amides is 1. The topological polar surface area (TPSA) is 56.8 Å². The summed E-state index contributed by atoms with van der Waals surface area (Å²) in [6, 6.07) is 0. The molecule has 0 heterocycles. The fraction of sp³-hybridized carbons (Fsp3) is 0.952. The number of ether oxygens (including phenoxy) is 3. The highest BCUT2D eigenvalue weighted by Crippen LogP contribution is 2.34. The van der Waals surface area contributed by atoms with Gasteiger partial charge in [0.15, 0.2) is 0 Å². The molecule has 26 heavy (non-hydrogen) atoms. The highest BCUT2D eigenvalue weighted by atomic mass is 16.9. The van der Waals surface area contributed by atoms with E-state index in [4.69, 9.17) is 14.2 Å². The van der Waals surface area contributed by atoms with E-state index in [0.29, 0.717) is 26.4 Å². The molecule has 0 aromatic heterocycles. The Morgan fingerprint density at radius 2 is 1.31 bits per heavy atom. The zero-order valence-electron chi connectivity index (χ0n) is 17.9. The van der Waals surface area contributed by atoms with Gasteiger partial charge in [0.05, 0.1) is 0 Å². The summed E-state index contributed by atoms with van der Waals surface area (Å²) < 4.78 is 18.0. The van der Waals surface area contributed by atoms with Gasteiger partial charge >= 0.3 is 0 Å². The van der Waals surface area contributed by atoms with Gasteiger partial charge in [-0.15, -0.1) is 0 Å². The molecule has 1 amide bonds. The number of nitrogens with one attached hydrogen (secondary N) is 1. The molecule has 0 aliphatic heterocycles. The molecule has 0 aliphatic carbocycles. The number of hydrogen-bond donors (Lipinski definition) is 1. The summed E-state index contributed by atoms with van der Waals surface area (Å²) in [4.78, 5) is 11.1. The molecule has 0 aromatic carbocycles. The zero-order valence-corrected chi connectivity index (χ0v) is 17.9. The van der Waals surface area contributed by atoms with Crippen molar-refractivity contribution >= 4 is 5.91 Å². The smallest absolute Gasteiger partial charge is 0.285 e. The van der Waals surface area contributed by atoms with Crippen molar-refractivity contribution in [2.45, 2.75) is 98.4 Å². The Morgan fingerprint density at radius 3 is 1.81 bits per heavy atom. The van der Waals surface area contributed by atoms with Gasteiger partial charge in [-0.25, -0.2) is 0 Å². The maximum Gasteiger partial charge on any atom is 0.285 e. The van der Waals surface area contributed by atoms with Gasteiger partial charge in [0, 0.05) is 39.2 Å². The molecule has 0 aromatic rings. The minimum absolute atomic E-state index is 0.0168. The molecule has 1 N–H and O–H groups in total. The lowest BCUT2D eigenvalue weighted by Crippen LogP contribution is -2.47. The molecule has 5 heteroatoms. The SMILES string of the molecule is CCCCCCCCC(CCCNC(C)=O)C(OCC)(OCC)OCC. The second-order valence-corrected chi connectivity index (χ2v) is 6.78. The molecule has 0 spiro atoms. The van der Waals surface area contributed by atoms with Crippen LogP contribution in [0.4, 0.5) is 0 Å². The van der Waals surface area contributed by atoms with Crippen LogP contribution >= 0.6 is 0 Å². The van der Waals surface area contributed by atoms with E-state index < -0.39 is 5.97 Å². The molecule has 156 valence electrons. The second kappa shape index (κ2) is 16.5. The van der Waals surface area contributed by atoms with Gasteiger partial charge in [-0.1, -0.05) is 45.4 Å². The van der Waals surface area contributed by atoms with Crippen LogP contribution < -0.4 is 5.32 Å². The fourth-order valence-corrected chi connectivity index (χ4v) is 3.36. The highest BCUT2D eigenvalue weighted by molar-refractivity contribution is 5.72. The van der Waals surface area contributed by atoms with Crippen molar-refractivity contribution < 1.29 is 19.0 Å². The van der Waals surface area contributed by atoms with Crippen molar-refractivity contribution in [1.82, 2.24) is 5.32 Å². The third-order valence-electron chi connectivity index (χ3n) is 4.55. The largest absolute Gasteiger partial charge is 0.356 e. The molecule has 0 saturated carbocycles. The van der Waals surface area contributed by atoms with E-state index in [2.05, 4.69) is 12.2 Å². The molecular weight excluding hydrogens is 330 g/mol. The van der Waals surface area contributed by atoms with Crippen LogP contribution in [0.2, 0.25) is 0 Å². The molecule has 0 rings (SSSR count). The lowest BCUT2D eigenvalue weighted by atomic mass is 9.92. The van der Waals surface area contributed by atoms with Gasteiger partial charge in [0.1, 0.15) is 0 Å². The van der Waals surface area contributed by atoms with Crippen LogP contribution in [0, 0.1) is 5.92 Å². The molecule has 0 bridgehead atoms. The predicted octanol–water partition coefficient (Wildman–Crippen LogP) is 5.03. The maximum atomic E-state index is 11.1. The summed E-state index contributed by atoms with van der Waals surface area (Å²) in [5, 5.41) is 2.88. The first kappa shape index (κ1) is 25.4. The standard InChI is InChI=1S/C21H43NO4/c1-6-10-11-12-13-14-16-20(17-15-18-22-19(5)23)21(24-7-2,25-8-3)26-9-4/h20H,6-18H2,1-5H3,(H,22,23). The monoisotopic (exact) mass is 373 g/mol. The third kappa shape index (κ3) is 11.1. The minimum atomic E-state index is -0.960. The molecule has 0 radical (unpaired) electrons. The van der Waals surface area contributed by atoms with Crippen molar-refractivity contribution in [3.63, 3.8) is 0 Å². The zero-order chi connectivity index (χ0) is 19.7. The third-order valence-corrected chi connectivity index (χ3v) is 4.55. The summed E-state index contributed by atoms with van der Waals surface area (Å²) in [5.41, 5.74) is 0. The Labute approximate surface area is 161 Å². The summed E-state index contributed by atoms with van der Waals surface area (Å²) in [5.74, 6) is -0.775. The summed E-state index contributed by atoms with van der Waals surface area (Å²) in [6.07, 6.45) is 10.4. The van der Waals surface area contributed by atoms with Gasteiger partial charge in [-0.05, 0) is 40.0 Å². The Kier molecular flexibility index (Phi) is 16.1. The van der Waals surface area contributed by atoms with E-state index in [-0.39, 0.29) is 11.8 Å². The molecule has 1 atom stereocenters. The molecular formula is C21H43NO4. The molecule has 0 fully saturated rings. The lowest BCUT2D eigenvalue weighted by Gasteiger charge is -2.39. The van der Waals surface area contributed by atoms with E-state index in [1.807, 2.05) is 20.8 Å². The van der Waals surface area contributed by atoms with Crippen LogP contribution in [0.25, 0.3) is 0 Å². The van der Waals surface area contributed by atoms with Crippen LogP contribution in [0.15, 0.2) is 0 Å². The second-order valence-electron chi connectivity index (χ2n) is 6.78. The fourth-order valence-electron chi connectivity index (χ4n) is 3.36. The van der Waals surface area contributed by atoms with Gasteiger partial charge in [-0.3, -0.25) is 4.79 Å². The highest BCUT2D eigenvalue weighted by Gasteiger charge is 2.41. The summed E-state index contributed by atoms with van der Waals surface area (Å²) in [7, 11) is 0. The number of unbranched alkanes of at least 4 members (excludes halogenated alkanes) is 5. The molecule has 5 nitrogen and oxygen atoms in total. The number of rotatable bonds is 18. The van der Waals surface area contributed by atoms with E-state index in [0.717, 1.165) is 25.7 Å². The number of hydrogen-bond acceptors (Lipinski definition) is 4. The number of carbonyl (C=O) groups excluding carboxylic acids is 1. The minimum Gasteiger partial charge on any atom is -0.356 e. The Hall–Kier alpha value is -0.650. The quantitative estimate of drug-likeness (QED) is 0.270. The van der Waals surface area contributed by atoms with Crippen molar-refractivity contribution in [2.75, 3.05) is 26.4 Å². The first-order valence-corrected chi connectivity index (χ1v) is 10.7. The summed E-state index contributed by atoms with van der Waals surface area (Å²) in [6.45, 7) is 12.1. The Bertz CT molecular complexity index is 319. The first-order valence-electron chi connectivity index (χ1n) is 10.7. The van der Waals surface area contributed by atoms with Crippen LogP contribution in [-0.4, -0.2) is 38.2 Å². The maximum absolute atomic E-state index is 11.1. The van der Waals surface area contributed by atoms with E-state index in [1.165, 1.54) is 32.1 Å². The van der Waals surface area contributed by atoms with Crippen LogP contribution in [0.5, 0.6) is 0 Å².